The zero-order valence-corrected chi connectivity index (χ0v) is 10.8. The normalized spacial score (nSPS) is 15.8. The highest BCUT2D eigenvalue weighted by Crippen LogP contribution is 2.17. The molecular weight excluding hydrogens is 244 g/mol. The third-order valence-corrected chi connectivity index (χ3v) is 3.26. The van der Waals surface area contributed by atoms with Crippen molar-refractivity contribution in [3.05, 3.63) is 18.3 Å². The van der Waals surface area contributed by atoms with Crippen molar-refractivity contribution in [1.29, 1.82) is 0 Å². The van der Waals surface area contributed by atoms with Crippen LogP contribution in [0.4, 0.5) is 17.5 Å². The predicted molar refractivity (Wildman–Crippen MR) is 71.9 cm³/mol. The lowest BCUT2D eigenvalue weighted by Crippen LogP contribution is -2.47. The van der Waals surface area contributed by atoms with Gasteiger partial charge in [-0.1, -0.05) is 5.10 Å². The number of nitrogens with two attached hydrogens (primary N) is 1. The summed E-state index contributed by atoms with van der Waals surface area (Å²) in [6, 6.07) is 3.83. The number of tetrazole rings is 1. The Labute approximate surface area is 110 Å². The molecular formula is C11H16N8. The Hall–Kier alpha value is -2.38. The van der Waals surface area contributed by atoms with E-state index in [0.717, 1.165) is 37.9 Å². The molecule has 0 unspecified atom stereocenters. The lowest BCUT2D eigenvalue weighted by molar-refractivity contribution is 0.613. The van der Waals surface area contributed by atoms with Crippen LogP contribution < -0.4 is 15.5 Å². The fourth-order valence-electron chi connectivity index (χ4n) is 2.21. The largest absolute Gasteiger partial charge is 0.397 e. The Morgan fingerprint density at radius 1 is 1.11 bits per heavy atom. The van der Waals surface area contributed by atoms with E-state index >= 15 is 0 Å². The van der Waals surface area contributed by atoms with Gasteiger partial charge < -0.3 is 15.5 Å². The molecule has 1 fully saturated rings. The van der Waals surface area contributed by atoms with Gasteiger partial charge in [-0.05, 0) is 22.6 Å². The summed E-state index contributed by atoms with van der Waals surface area (Å²) in [6.45, 7) is 3.54. The molecule has 2 N–H and O–H groups in total. The van der Waals surface area contributed by atoms with Crippen LogP contribution in [0.25, 0.3) is 0 Å². The summed E-state index contributed by atoms with van der Waals surface area (Å²) in [6.07, 6.45) is 1.69. The molecule has 3 rings (SSSR count). The molecule has 100 valence electrons. The molecule has 0 bridgehead atoms. The van der Waals surface area contributed by atoms with Gasteiger partial charge in [0.15, 0.2) is 0 Å². The lowest BCUT2D eigenvalue weighted by Gasteiger charge is -2.35. The Morgan fingerprint density at radius 3 is 2.42 bits per heavy atom. The molecule has 8 heteroatoms. The highest BCUT2D eigenvalue weighted by molar-refractivity contribution is 5.47. The number of aryl methyl sites for hydroxylation is 1. The third-order valence-electron chi connectivity index (χ3n) is 3.26. The summed E-state index contributed by atoms with van der Waals surface area (Å²) in [5, 5.41) is 11.5. The quantitative estimate of drug-likeness (QED) is 0.779. The number of pyridine rings is 1. The van der Waals surface area contributed by atoms with E-state index in [4.69, 9.17) is 5.73 Å². The molecule has 1 saturated heterocycles. The summed E-state index contributed by atoms with van der Waals surface area (Å²) in [5.41, 5.74) is 6.33. The van der Waals surface area contributed by atoms with Crippen molar-refractivity contribution < 1.29 is 0 Å². The van der Waals surface area contributed by atoms with Gasteiger partial charge in [-0.25, -0.2) is 9.67 Å². The van der Waals surface area contributed by atoms with Gasteiger partial charge in [-0.2, -0.15) is 0 Å². The van der Waals surface area contributed by atoms with E-state index in [1.54, 1.807) is 10.9 Å². The van der Waals surface area contributed by atoms with Crippen LogP contribution in [-0.4, -0.2) is 51.4 Å². The first-order valence-electron chi connectivity index (χ1n) is 6.18. The van der Waals surface area contributed by atoms with Crippen molar-refractivity contribution in [1.82, 2.24) is 25.2 Å². The molecule has 0 atom stereocenters. The smallest absolute Gasteiger partial charge is 0.245 e. The Morgan fingerprint density at radius 2 is 1.84 bits per heavy atom. The van der Waals surface area contributed by atoms with E-state index in [-0.39, 0.29) is 0 Å². The maximum atomic E-state index is 5.64. The van der Waals surface area contributed by atoms with Gasteiger partial charge in [0.2, 0.25) is 5.95 Å². The highest BCUT2D eigenvalue weighted by Gasteiger charge is 2.21. The number of aromatic nitrogens is 5. The molecule has 0 aromatic carbocycles. The van der Waals surface area contributed by atoms with E-state index in [1.165, 1.54) is 0 Å². The molecule has 8 nitrogen and oxygen atoms in total. The van der Waals surface area contributed by atoms with Crippen molar-refractivity contribution in [3.8, 4) is 0 Å². The molecule has 3 heterocycles. The molecule has 2 aromatic rings. The van der Waals surface area contributed by atoms with Crippen LogP contribution in [0.5, 0.6) is 0 Å². The molecule has 2 aromatic heterocycles. The average molecular weight is 260 g/mol. The van der Waals surface area contributed by atoms with Gasteiger partial charge >= 0.3 is 0 Å². The molecule has 19 heavy (non-hydrogen) atoms. The van der Waals surface area contributed by atoms with E-state index in [0.29, 0.717) is 5.69 Å². The first-order valence-corrected chi connectivity index (χ1v) is 6.18. The number of rotatable bonds is 2. The molecule has 0 radical (unpaired) electrons. The summed E-state index contributed by atoms with van der Waals surface area (Å²) >= 11 is 0. The van der Waals surface area contributed by atoms with Crippen molar-refractivity contribution in [2.75, 3.05) is 41.7 Å². The number of hydrogen-bond donors (Lipinski definition) is 1. The van der Waals surface area contributed by atoms with Crippen molar-refractivity contribution >= 4 is 17.5 Å². The minimum atomic E-state index is 0.688. The fraction of sp³-hybridized carbons (Fsp3) is 0.455. The molecule has 1 aliphatic rings. The topological polar surface area (TPSA) is 89.0 Å². The van der Waals surface area contributed by atoms with Gasteiger partial charge in [-0.15, -0.1) is 0 Å². The minimum Gasteiger partial charge on any atom is -0.397 e. The van der Waals surface area contributed by atoms with Crippen LogP contribution in [0.15, 0.2) is 18.3 Å². The van der Waals surface area contributed by atoms with E-state index in [1.807, 2.05) is 19.2 Å². The number of nitrogen functional groups attached to an aromatic ring is 1. The first-order chi connectivity index (χ1) is 9.24. The summed E-state index contributed by atoms with van der Waals surface area (Å²) in [5.74, 6) is 1.77. The fourth-order valence-corrected chi connectivity index (χ4v) is 2.21. The highest BCUT2D eigenvalue weighted by atomic mass is 15.6. The maximum Gasteiger partial charge on any atom is 0.245 e. The van der Waals surface area contributed by atoms with E-state index in [2.05, 4.69) is 30.3 Å². The standard InChI is InChI=1S/C11H16N8/c1-17-11(14-15-16-17)19-6-4-18(5-7-19)10-3-2-9(12)8-13-10/h2-3,8H,4-7,12H2,1H3. The van der Waals surface area contributed by atoms with Crippen LogP contribution >= 0.6 is 0 Å². The minimum absolute atomic E-state index is 0.688. The monoisotopic (exact) mass is 260 g/mol. The second kappa shape index (κ2) is 4.71. The van der Waals surface area contributed by atoms with Gasteiger partial charge in [0.05, 0.1) is 11.9 Å². The Kier molecular flexibility index (Phi) is 2.90. The Balaban J connectivity index is 1.66. The number of hydrogen-bond acceptors (Lipinski definition) is 7. The molecule has 0 aliphatic carbocycles. The second-order valence-electron chi connectivity index (χ2n) is 4.53. The second-order valence-corrected chi connectivity index (χ2v) is 4.53. The molecule has 0 amide bonds. The summed E-state index contributed by atoms with van der Waals surface area (Å²) < 4.78 is 1.69. The van der Waals surface area contributed by atoms with Crippen molar-refractivity contribution in [2.24, 2.45) is 7.05 Å². The van der Waals surface area contributed by atoms with Gasteiger partial charge in [0.1, 0.15) is 5.82 Å². The van der Waals surface area contributed by atoms with Crippen LogP contribution in [0, 0.1) is 0 Å². The lowest BCUT2D eigenvalue weighted by atomic mass is 10.3. The van der Waals surface area contributed by atoms with Crippen LogP contribution in [-0.2, 0) is 7.05 Å². The SMILES string of the molecule is Cn1nnnc1N1CCN(c2ccc(N)cn2)CC1. The molecule has 0 saturated carbocycles. The summed E-state index contributed by atoms with van der Waals surface area (Å²) in [4.78, 5) is 8.75. The van der Waals surface area contributed by atoms with E-state index < -0.39 is 0 Å². The van der Waals surface area contributed by atoms with Gasteiger partial charge in [-0.3, -0.25) is 0 Å². The Bertz CT molecular complexity index is 540. The van der Waals surface area contributed by atoms with Crippen LogP contribution in [0.3, 0.4) is 0 Å². The van der Waals surface area contributed by atoms with Gasteiger partial charge in [0.25, 0.3) is 0 Å². The number of piperazine rings is 1. The zero-order chi connectivity index (χ0) is 13.2. The maximum absolute atomic E-state index is 5.64. The summed E-state index contributed by atoms with van der Waals surface area (Å²) in [7, 11) is 1.85. The molecule has 0 spiro atoms. The molecule has 1 aliphatic heterocycles. The average Bonchev–Trinajstić information content (AvgIpc) is 2.86. The van der Waals surface area contributed by atoms with E-state index in [9.17, 15) is 0 Å². The number of nitrogens with zero attached hydrogens (tertiary/aromatic N) is 7. The van der Waals surface area contributed by atoms with Crippen molar-refractivity contribution in [3.63, 3.8) is 0 Å². The van der Waals surface area contributed by atoms with Gasteiger partial charge in [0, 0.05) is 33.2 Å². The zero-order valence-electron chi connectivity index (χ0n) is 10.8. The third kappa shape index (κ3) is 2.28. The van der Waals surface area contributed by atoms with Crippen molar-refractivity contribution in [2.45, 2.75) is 0 Å². The van der Waals surface area contributed by atoms with Crippen LogP contribution in [0.2, 0.25) is 0 Å². The first kappa shape index (κ1) is 11.7. The number of anilines is 3. The predicted octanol–water partition coefficient (Wildman–Crippen LogP) is -0.486. The van der Waals surface area contributed by atoms with Crippen LogP contribution in [0.1, 0.15) is 0 Å².